The highest BCUT2D eigenvalue weighted by Gasteiger charge is 2.32. The minimum absolute atomic E-state index is 0.313. The van der Waals surface area contributed by atoms with Crippen molar-refractivity contribution in [1.29, 1.82) is 0 Å². The molecule has 0 saturated heterocycles. The number of para-hydroxylation sites is 1. The lowest BCUT2D eigenvalue weighted by Crippen LogP contribution is -2.28. The first-order chi connectivity index (χ1) is 12.4. The Hall–Kier alpha value is -3.02. The van der Waals surface area contributed by atoms with E-state index in [4.69, 9.17) is 19.9 Å². The summed E-state index contributed by atoms with van der Waals surface area (Å²) in [6.45, 7) is 3.63. The third-order valence-corrected chi connectivity index (χ3v) is 4.01. The summed E-state index contributed by atoms with van der Waals surface area (Å²) in [5, 5.41) is 0. The Balaban J connectivity index is 1.65. The summed E-state index contributed by atoms with van der Waals surface area (Å²) >= 11 is 0. The van der Waals surface area contributed by atoms with Crippen LogP contribution in [0.15, 0.2) is 48.5 Å². The Morgan fingerprint density at radius 1 is 1.15 bits per heavy atom. The summed E-state index contributed by atoms with van der Waals surface area (Å²) < 4.78 is 16.7. The largest absolute Gasteiger partial charge is 0.483 e. The van der Waals surface area contributed by atoms with E-state index in [1.54, 1.807) is 36.4 Å². The van der Waals surface area contributed by atoms with Crippen LogP contribution in [0, 0.1) is 0 Å². The monoisotopic (exact) mass is 355 g/mol. The predicted octanol–water partition coefficient (Wildman–Crippen LogP) is 2.55. The molecule has 0 bridgehead atoms. The van der Waals surface area contributed by atoms with Gasteiger partial charge in [-0.1, -0.05) is 42.5 Å². The van der Waals surface area contributed by atoms with Crippen LogP contribution in [-0.4, -0.2) is 24.1 Å². The fraction of sp³-hybridized carbons (Fsp3) is 0.300. The van der Waals surface area contributed by atoms with Crippen molar-refractivity contribution >= 4 is 11.9 Å². The molecule has 0 aliphatic carbocycles. The molecule has 1 aliphatic rings. The third kappa shape index (κ3) is 3.96. The van der Waals surface area contributed by atoms with Crippen LogP contribution in [0.25, 0.3) is 0 Å². The molecule has 1 unspecified atom stereocenters. The summed E-state index contributed by atoms with van der Waals surface area (Å²) in [5.41, 5.74) is 6.58. The van der Waals surface area contributed by atoms with Gasteiger partial charge in [-0.3, -0.25) is 4.79 Å². The molecule has 6 heteroatoms. The number of hydrogen-bond donors (Lipinski definition) is 1. The standard InChI is InChI=1S/C20H21NO5/c1-20(2)11-14-9-6-10-15(17(14)26-20)24-12-16(22)25-18(19(21)23)13-7-4-3-5-8-13/h3-10,18H,11-12H2,1-2H3,(H2,21,23). The number of esters is 1. The van der Waals surface area contributed by atoms with Crippen molar-refractivity contribution in [2.45, 2.75) is 32.0 Å². The highest BCUT2D eigenvalue weighted by atomic mass is 16.6. The van der Waals surface area contributed by atoms with E-state index in [0.29, 0.717) is 17.1 Å². The van der Waals surface area contributed by atoms with Gasteiger partial charge in [0.05, 0.1) is 0 Å². The predicted molar refractivity (Wildman–Crippen MR) is 94.8 cm³/mol. The first-order valence-corrected chi connectivity index (χ1v) is 8.33. The zero-order chi connectivity index (χ0) is 18.7. The topological polar surface area (TPSA) is 87.9 Å². The summed E-state index contributed by atoms with van der Waals surface area (Å²) in [7, 11) is 0. The second-order valence-corrected chi connectivity index (χ2v) is 6.75. The molecule has 2 aromatic carbocycles. The molecule has 0 aromatic heterocycles. The number of hydrogen-bond acceptors (Lipinski definition) is 5. The van der Waals surface area contributed by atoms with Crippen molar-refractivity contribution in [3.05, 3.63) is 59.7 Å². The van der Waals surface area contributed by atoms with Crippen molar-refractivity contribution in [2.75, 3.05) is 6.61 Å². The molecule has 0 spiro atoms. The molecule has 1 amide bonds. The molecule has 3 rings (SSSR count). The smallest absolute Gasteiger partial charge is 0.345 e. The lowest BCUT2D eigenvalue weighted by Gasteiger charge is -2.18. The summed E-state index contributed by atoms with van der Waals surface area (Å²) in [5.74, 6) is -0.317. The van der Waals surface area contributed by atoms with E-state index in [1.807, 2.05) is 26.0 Å². The second-order valence-electron chi connectivity index (χ2n) is 6.75. The highest BCUT2D eigenvalue weighted by Crippen LogP contribution is 2.41. The van der Waals surface area contributed by atoms with Gasteiger partial charge in [0.1, 0.15) is 5.60 Å². The number of carbonyl (C=O) groups excluding carboxylic acids is 2. The van der Waals surface area contributed by atoms with Crippen LogP contribution in [0.3, 0.4) is 0 Å². The van der Waals surface area contributed by atoms with Crippen molar-refractivity contribution in [2.24, 2.45) is 5.73 Å². The molecule has 0 saturated carbocycles. The minimum Gasteiger partial charge on any atom is -0.483 e. The number of benzene rings is 2. The first-order valence-electron chi connectivity index (χ1n) is 8.33. The average molecular weight is 355 g/mol. The van der Waals surface area contributed by atoms with E-state index in [9.17, 15) is 9.59 Å². The van der Waals surface area contributed by atoms with E-state index in [1.165, 1.54) is 0 Å². The number of fused-ring (bicyclic) bond motifs is 1. The SMILES string of the molecule is CC1(C)Cc2cccc(OCC(=O)OC(C(N)=O)c3ccccc3)c2O1. The molecule has 1 heterocycles. The molecule has 2 N–H and O–H groups in total. The molecule has 6 nitrogen and oxygen atoms in total. The van der Waals surface area contributed by atoms with E-state index in [0.717, 1.165) is 12.0 Å². The zero-order valence-electron chi connectivity index (χ0n) is 14.7. The van der Waals surface area contributed by atoms with Crippen LogP contribution in [0.4, 0.5) is 0 Å². The number of primary amides is 1. The Kier molecular flexibility index (Phi) is 4.84. The lowest BCUT2D eigenvalue weighted by atomic mass is 10.0. The quantitative estimate of drug-likeness (QED) is 0.805. The van der Waals surface area contributed by atoms with Crippen LogP contribution in [0.1, 0.15) is 31.1 Å². The molecule has 136 valence electrons. The fourth-order valence-electron chi connectivity index (χ4n) is 2.92. The molecule has 0 fully saturated rings. The Morgan fingerprint density at radius 2 is 1.88 bits per heavy atom. The van der Waals surface area contributed by atoms with Gasteiger partial charge in [0.25, 0.3) is 5.91 Å². The van der Waals surface area contributed by atoms with Gasteiger partial charge in [0.2, 0.25) is 6.10 Å². The van der Waals surface area contributed by atoms with Crippen LogP contribution in [0.2, 0.25) is 0 Å². The molecular formula is C20H21NO5. The second kappa shape index (κ2) is 7.07. The third-order valence-electron chi connectivity index (χ3n) is 4.01. The van der Waals surface area contributed by atoms with Gasteiger partial charge in [0.15, 0.2) is 18.1 Å². The number of rotatable bonds is 6. The molecule has 1 atom stereocenters. The first kappa shape index (κ1) is 17.8. The van der Waals surface area contributed by atoms with Gasteiger partial charge >= 0.3 is 5.97 Å². The van der Waals surface area contributed by atoms with Gasteiger partial charge < -0.3 is 19.9 Å². The van der Waals surface area contributed by atoms with Crippen molar-refractivity contribution in [3.8, 4) is 11.5 Å². The molecule has 2 aromatic rings. The van der Waals surface area contributed by atoms with Crippen LogP contribution in [0.5, 0.6) is 11.5 Å². The Bertz CT molecular complexity index is 816. The molecular weight excluding hydrogens is 334 g/mol. The van der Waals surface area contributed by atoms with Crippen LogP contribution < -0.4 is 15.2 Å². The fourth-order valence-corrected chi connectivity index (χ4v) is 2.92. The van der Waals surface area contributed by atoms with Gasteiger partial charge in [0, 0.05) is 17.5 Å². The highest BCUT2D eigenvalue weighted by molar-refractivity contribution is 5.84. The zero-order valence-corrected chi connectivity index (χ0v) is 14.7. The van der Waals surface area contributed by atoms with E-state index >= 15 is 0 Å². The van der Waals surface area contributed by atoms with Gasteiger partial charge in [-0.15, -0.1) is 0 Å². The number of amides is 1. The lowest BCUT2D eigenvalue weighted by molar-refractivity contribution is -0.157. The molecule has 1 aliphatic heterocycles. The maximum atomic E-state index is 12.1. The Morgan fingerprint density at radius 3 is 2.58 bits per heavy atom. The average Bonchev–Trinajstić information content (AvgIpc) is 2.92. The maximum Gasteiger partial charge on any atom is 0.345 e. The molecule has 0 radical (unpaired) electrons. The molecule has 26 heavy (non-hydrogen) atoms. The van der Waals surface area contributed by atoms with Crippen molar-refractivity contribution in [3.63, 3.8) is 0 Å². The van der Waals surface area contributed by atoms with E-state index in [2.05, 4.69) is 0 Å². The number of carbonyl (C=O) groups is 2. The minimum atomic E-state index is -1.15. The summed E-state index contributed by atoms with van der Waals surface area (Å²) in [6.07, 6.45) is -0.383. The van der Waals surface area contributed by atoms with Crippen LogP contribution >= 0.6 is 0 Å². The number of ether oxygens (including phenoxy) is 3. The van der Waals surface area contributed by atoms with Gasteiger partial charge in [-0.2, -0.15) is 0 Å². The van der Waals surface area contributed by atoms with Crippen LogP contribution in [-0.2, 0) is 20.7 Å². The van der Waals surface area contributed by atoms with E-state index < -0.39 is 18.0 Å². The van der Waals surface area contributed by atoms with Crippen molar-refractivity contribution < 1.29 is 23.8 Å². The van der Waals surface area contributed by atoms with E-state index in [-0.39, 0.29) is 12.2 Å². The normalized spacial score (nSPS) is 15.5. The summed E-state index contributed by atoms with van der Waals surface area (Å²) in [4.78, 5) is 23.8. The maximum absolute atomic E-state index is 12.1. The van der Waals surface area contributed by atoms with Gasteiger partial charge in [-0.25, -0.2) is 4.79 Å². The Labute approximate surface area is 151 Å². The van der Waals surface area contributed by atoms with Gasteiger partial charge in [-0.05, 0) is 19.9 Å². The summed E-state index contributed by atoms with van der Waals surface area (Å²) in [6, 6.07) is 14.2. The number of nitrogens with two attached hydrogens (primary N) is 1. The van der Waals surface area contributed by atoms with Crippen molar-refractivity contribution in [1.82, 2.24) is 0 Å².